The van der Waals surface area contributed by atoms with Crippen LogP contribution in [0.1, 0.15) is 42.5 Å². The molecule has 36 heavy (non-hydrogen) atoms. The van der Waals surface area contributed by atoms with Gasteiger partial charge in [0.05, 0.1) is 24.8 Å². The summed E-state index contributed by atoms with van der Waals surface area (Å²) >= 11 is 0. The van der Waals surface area contributed by atoms with Gasteiger partial charge in [-0.3, -0.25) is 4.90 Å². The average molecular weight is 481 g/mol. The molecule has 1 unspecified atom stereocenters. The predicted octanol–water partition coefficient (Wildman–Crippen LogP) is 6.14. The molecule has 5 rings (SSSR count). The maximum absolute atomic E-state index is 13.3. The molecule has 4 aromatic rings. The SMILES string of the molecule is CCOc1ccc(-c2noc(C3=C(C)N(Cc4ccccc4)C(=O)NC3c3ccc(C)cc3)n2)cc1. The number of aromatic nitrogens is 2. The lowest BCUT2D eigenvalue weighted by molar-refractivity contribution is 0.203. The number of nitrogens with one attached hydrogen (secondary N) is 1. The molecule has 7 nitrogen and oxygen atoms in total. The first-order chi connectivity index (χ1) is 17.5. The summed E-state index contributed by atoms with van der Waals surface area (Å²) in [4.78, 5) is 19.7. The Morgan fingerprint density at radius 2 is 1.69 bits per heavy atom. The first-order valence-electron chi connectivity index (χ1n) is 12.0. The number of amides is 2. The van der Waals surface area contributed by atoms with E-state index in [2.05, 4.69) is 10.5 Å². The number of benzene rings is 3. The van der Waals surface area contributed by atoms with E-state index in [1.165, 1.54) is 0 Å². The van der Waals surface area contributed by atoms with Crippen LogP contribution in [0, 0.1) is 6.92 Å². The quantitative estimate of drug-likeness (QED) is 0.344. The second kappa shape index (κ2) is 10.1. The molecule has 0 spiro atoms. The monoisotopic (exact) mass is 480 g/mol. The Hall–Kier alpha value is -4.39. The van der Waals surface area contributed by atoms with Crippen LogP contribution < -0.4 is 10.1 Å². The molecular weight excluding hydrogens is 452 g/mol. The van der Waals surface area contributed by atoms with Crippen LogP contribution in [0.25, 0.3) is 17.0 Å². The lowest BCUT2D eigenvalue weighted by atomic mass is 9.94. The highest BCUT2D eigenvalue weighted by Crippen LogP contribution is 2.38. The van der Waals surface area contributed by atoms with E-state index in [4.69, 9.17) is 14.2 Å². The number of hydrogen-bond donors (Lipinski definition) is 1. The zero-order chi connectivity index (χ0) is 25.1. The van der Waals surface area contributed by atoms with Crippen LogP contribution in [-0.2, 0) is 6.54 Å². The lowest BCUT2D eigenvalue weighted by Crippen LogP contribution is -2.45. The van der Waals surface area contributed by atoms with Crippen LogP contribution in [0.2, 0.25) is 0 Å². The van der Waals surface area contributed by atoms with Gasteiger partial charge in [0, 0.05) is 11.3 Å². The fourth-order valence-corrected chi connectivity index (χ4v) is 4.34. The molecule has 0 fully saturated rings. The highest BCUT2D eigenvalue weighted by Gasteiger charge is 2.35. The minimum Gasteiger partial charge on any atom is -0.494 e. The van der Waals surface area contributed by atoms with Gasteiger partial charge in [-0.05, 0) is 56.2 Å². The summed E-state index contributed by atoms with van der Waals surface area (Å²) in [5.41, 5.74) is 5.49. The van der Waals surface area contributed by atoms with E-state index >= 15 is 0 Å². The Kier molecular flexibility index (Phi) is 6.54. The third-order valence-corrected chi connectivity index (χ3v) is 6.27. The summed E-state index contributed by atoms with van der Waals surface area (Å²) in [6.45, 7) is 6.95. The third-order valence-electron chi connectivity index (χ3n) is 6.27. The second-order valence-electron chi connectivity index (χ2n) is 8.74. The number of rotatable bonds is 7. The van der Waals surface area contributed by atoms with Crippen LogP contribution in [-0.4, -0.2) is 27.7 Å². The zero-order valence-electron chi connectivity index (χ0n) is 20.6. The summed E-state index contributed by atoms with van der Waals surface area (Å²) in [5.74, 6) is 1.64. The number of urea groups is 1. The molecule has 0 saturated carbocycles. The summed E-state index contributed by atoms with van der Waals surface area (Å²) in [7, 11) is 0. The van der Waals surface area contributed by atoms with Crippen molar-refractivity contribution < 1.29 is 14.1 Å². The summed E-state index contributed by atoms with van der Waals surface area (Å²) < 4.78 is 11.3. The fourth-order valence-electron chi connectivity index (χ4n) is 4.34. The van der Waals surface area contributed by atoms with E-state index in [1.54, 1.807) is 4.90 Å². The molecule has 1 aliphatic heterocycles. The number of aryl methyl sites for hydroxylation is 1. The molecule has 1 aliphatic rings. The second-order valence-corrected chi connectivity index (χ2v) is 8.74. The van der Waals surface area contributed by atoms with Gasteiger partial charge in [0.1, 0.15) is 5.75 Å². The first-order valence-corrected chi connectivity index (χ1v) is 12.0. The summed E-state index contributed by atoms with van der Waals surface area (Å²) in [6.07, 6.45) is 0. The summed E-state index contributed by atoms with van der Waals surface area (Å²) in [5, 5.41) is 7.41. The van der Waals surface area contributed by atoms with Gasteiger partial charge in [0.15, 0.2) is 0 Å². The molecule has 1 aromatic heterocycles. The van der Waals surface area contributed by atoms with Crippen molar-refractivity contribution in [3.8, 4) is 17.1 Å². The van der Waals surface area contributed by atoms with Crippen molar-refractivity contribution in [2.24, 2.45) is 0 Å². The molecule has 1 N–H and O–H groups in total. The first kappa shape index (κ1) is 23.4. The van der Waals surface area contributed by atoms with Crippen molar-refractivity contribution in [3.63, 3.8) is 0 Å². The van der Waals surface area contributed by atoms with Gasteiger partial charge in [-0.25, -0.2) is 4.79 Å². The van der Waals surface area contributed by atoms with E-state index < -0.39 is 6.04 Å². The zero-order valence-corrected chi connectivity index (χ0v) is 20.6. The van der Waals surface area contributed by atoms with Crippen molar-refractivity contribution in [1.82, 2.24) is 20.4 Å². The molecule has 0 bridgehead atoms. The van der Waals surface area contributed by atoms with Gasteiger partial charge < -0.3 is 14.6 Å². The normalized spacial score (nSPS) is 15.7. The maximum atomic E-state index is 13.3. The Morgan fingerprint density at radius 1 is 0.972 bits per heavy atom. The molecule has 7 heteroatoms. The van der Waals surface area contributed by atoms with Crippen LogP contribution >= 0.6 is 0 Å². The fraction of sp³-hybridized carbons (Fsp3) is 0.207. The predicted molar refractivity (Wildman–Crippen MR) is 138 cm³/mol. The lowest BCUT2D eigenvalue weighted by Gasteiger charge is -2.35. The van der Waals surface area contributed by atoms with Crippen LogP contribution in [0.5, 0.6) is 5.75 Å². The van der Waals surface area contributed by atoms with Gasteiger partial charge in [-0.15, -0.1) is 0 Å². The smallest absolute Gasteiger partial charge is 0.322 e. The number of allylic oxidation sites excluding steroid dienone is 1. The molecule has 182 valence electrons. The molecule has 0 aliphatic carbocycles. The Bertz CT molecular complexity index is 1380. The van der Waals surface area contributed by atoms with E-state index in [0.29, 0.717) is 24.9 Å². The van der Waals surface area contributed by atoms with E-state index in [9.17, 15) is 4.79 Å². The number of nitrogens with zero attached hydrogens (tertiary/aromatic N) is 3. The number of carbonyl (C=O) groups is 1. The molecule has 2 amide bonds. The van der Waals surface area contributed by atoms with Gasteiger partial charge in [0.2, 0.25) is 5.82 Å². The Labute approximate surface area is 210 Å². The molecule has 0 saturated heterocycles. The van der Waals surface area contributed by atoms with Crippen molar-refractivity contribution in [2.45, 2.75) is 33.4 Å². The van der Waals surface area contributed by atoms with E-state index in [0.717, 1.165) is 39.3 Å². The van der Waals surface area contributed by atoms with Crippen molar-refractivity contribution in [3.05, 3.63) is 107 Å². The van der Waals surface area contributed by atoms with E-state index in [-0.39, 0.29) is 6.03 Å². The minimum absolute atomic E-state index is 0.170. The van der Waals surface area contributed by atoms with Gasteiger partial charge in [-0.1, -0.05) is 65.3 Å². The number of ether oxygens (including phenoxy) is 1. The number of carbonyl (C=O) groups excluding carboxylic acids is 1. The highest BCUT2D eigenvalue weighted by molar-refractivity contribution is 5.86. The summed E-state index contributed by atoms with van der Waals surface area (Å²) in [6, 6.07) is 25.0. The van der Waals surface area contributed by atoms with Gasteiger partial charge >= 0.3 is 6.03 Å². The maximum Gasteiger partial charge on any atom is 0.322 e. The standard InChI is InChI=1S/C29H28N4O3/c1-4-35-24-16-14-23(15-17-24)27-31-28(36-32-27)25-20(3)33(18-21-8-6-5-7-9-21)29(34)30-26(25)22-12-10-19(2)11-13-22/h5-17,26H,4,18H2,1-3H3,(H,30,34). The Balaban J connectivity index is 1.55. The van der Waals surface area contributed by atoms with Gasteiger partial charge in [-0.2, -0.15) is 4.98 Å². The number of hydrogen-bond acceptors (Lipinski definition) is 5. The van der Waals surface area contributed by atoms with Crippen LogP contribution in [0.4, 0.5) is 4.79 Å². The van der Waals surface area contributed by atoms with Crippen molar-refractivity contribution in [2.75, 3.05) is 6.61 Å². The molecular formula is C29H28N4O3. The topological polar surface area (TPSA) is 80.5 Å². The van der Waals surface area contributed by atoms with E-state index in [1.807, 2.05) is 99.6 Å². The Morgan fingerprint density at radius 3 is 2.39 bits per heavy atom. The van der Waals surface area contributed by atoms with Crippen LogP contribution in [0.3, 0.4) is 0 Å². The molecule has 2 heterocycles. The van der Waals surface area contributed by atoms with Crippen molar-refractivity contribution in [1.29, 1.82) is 0 Å². The largest absolute Gasteiger partial charge is 0.494 e. The molecule has 3 aromatic carbocycles. The van der Waals surface area contributed by atoms with Crippen LogP contribution in [0.15, 0.2) is 89.1 Å². The van der Waals surface area contributed by atoms with Crippen molar-refractivity contribution >= 4 is 11.6 Å². The minimum atomic E-state index is -0.418. The highest BCUT2D eigenvalue weighted by atomic mass is 16.5. The molecule has 1 atom stereocenters. The average Bonchev–Trinajstić information content (AvgIpc) is 3.38. The van der Waals surface area contributed by atoms with Gasteiger partial charge in [0.25, 0.3) is 5.89 Å². The molecule has 0 radical (unpaired) electrons. The third kappa shape index (κ3) is 4.73.